The Morgan fingerprint density at radius 2 is 1.69 bits per heavy atom. The van der Waals surface area contributed by atoms with Crippen molar-refractivity contribution in [2.24, 2.45) is 0 Å². The van der Waals surface area contributed by atoms with Crippen LogP contribution in [0.1, 0.15) is 6.42 Å². The van der Waals surface area contributed by atoms with Gasteiger partial charge in [0.05, 0.1) is 10.6 Å². The minimum absolute atomic E-state index is 0.0299. The number of piperazine rings is 1. The maximum Gasteiger partial charge on any atom is 0.250 e. The Labute approximate surface area is 184 Å². The van der Waals surface area contributed by atoms with Gasteiger partial charge in [0.2, 0.25) is 21.9 Å². The zero-order valence-corrected chi connectivity index (χ0v) is 17.9. The highest BCUT2D eigenvalue weighted by Gasteiger charge is 2.25. The van der Waals surface area contributed by atoms with Crippen molar-refractivity contribution in [3.63, 3.8) is 0 Å². The normalized spacial score (nSPS) is 14.5. The average molecular weight is 460 g/mol. The van der Waals surface area contributed by atoms with Gasteiger partial charge in [0, 0.05) is 39.1 Å². The Morgan fingerprint density at radius 3 is 2.38 bits per heavy atom. The van der Waals surface area contributed by atoms with Crippen molar-refractivity contribution >= 4 is 21.9 Å². The minimum Gasteiger partial charge on any atom is -0.339 e. The third kappa shape index (κ3) is 4.92. The van der Waals surface area contributed by atoms with Gasteiger partial charge in [-0.25, -0.2) is 17.5 Å². The average Bonchev–Trinajstić information content (AvgIpc) is 3.30. The van der Waals surface area contributed by atoms with Gasteiger partial charge in [-0.2, -0.15) is 4.68 Å². The molecule has 1 saturated heterocycles. The highest BCUT2D eigenvalue weighted by molar-refractivity contribution is 7.89. The first-order valence-electron chi connectivity index (χ1n) is 10.1. The fourth-order valence-electron chi connectivity index (χ4n) is 3.42. The summed E-state index contributed by atoms with van der Waals surface area (Å²) in [6.45, 7) is 2.03. The summed E-state index contributed by atoms with van der Waals surface area (Å²) in [5.41, 5.74) is 0.847. The van der Waals surface area contributed by atoms with E-state index in [0.717, 1.165) is 17.8 Å². The predicted molar refractivity (Wildman–Crippen MR) is 114 cm³/mol. The number of carbonyl (C=O) groups excluding carboxylic acids is 1. The topological polar surface area (TPSA) is 113 Å². The van der Waals surface area contributed by atoms with E-state index in [1.54, 1.807) is 9.58 Å². The van der Waals surface area contributed by atoms with Crippen molar-refractivity contribution in [3.05, 3.63) is 60.4 Å². The number of anilines is 1. The molecule has 1 aliphatic rings. The largest absolute Gasteiger partial charge is 0.339 e. The number of carbonyl (C=O) groups is 1. The second-order valence-electron chi connectivity index (χ2n) is 7.20. The molecule has 10 nitrogen and oxygen atoms in total. The molecule has 1 amide bonds. The summed E-state index contributed by atoms with van der Waals surface area (Å²) in [6.07, 6.45) is 0.0299. The molecule has 2 aromatic carbocycles. The van der Waals surface area contributed by atoms with Gasteiger partial charge in [0.1, 0.15) is 5.82 Å². The van der Waals surface area contributed by atoms with E-state index in [9.17, 15) is 17.6 Å². The molecule has 0 unspecified atom stereocenters. The van der Waals surface area contributed by atoms with Crippen LogP contribution in [-0.4, -0.2) is 72.2 Å². The zero-order valence-electron chi connectivity index (χ0n) is 17.1. The Balaban J connectivity index is 1.28. The van der Waals surface area contributed by atoms with Crippen LogP contribution in [0.5, 0.6) is 0 Å². The number of rotatable bonds is 7. The second-order valence-corrected chi connectivity index (χ2v) is 8.96. The summed E-state index contributed by atoms with van der Waals surface area (Å²) in [5, 5.41) is 12.0. The molecule has 0 radical (unpaired) electrons. The molecule has 0 bridgehead atoms. The van der Waals surface area contributed by atoms with Gasteiger partial charge in [-0.05, 0) is 46.8 Å². The maximum atomic E-state index is 13.0. The molecule has 0 saturated carbocycles. The Kier molecular flexibility index (Phi) is 6.42. The van der Waals surface area contributed by atoms with Gasteiger partial charge in [0.25, 0.3) is 0 Å². The molecule has 2 heterocycles. The standard InChI is InChI=1S/C20H22FN7O3S/c21-16-6-8-18(9-7-16)32(30,31)22-11-10-19(29)26-12-14-27(15-13-26)20-23-24-25-28(20)17-4-2-1-3-5-17/h1-9,22H,10-15H2. The van der Waals surface area contributed by atoms with Crippen molar-refractivity contribution < 1.29 is 17.6 Å². The molecule has 4 rings (SSSR count). The molecule has 1 N–H and O–H groups in total. The quantitative estimate of drug-likeness (QED) is 0.556. The molecule has 3 aromatic rings. The summed E-state index contributed by atoms with van der Waals surface area (Å²) in [7, 11) is -3.79. The first-order chi connectivity index (χ1) is 15.4. The molecule has 1 aliphatic heterocycles. The number of benzene rings is 2. The number of hydrogen-bond donors (Lipinski definition) is 1. The van der Waals surface area contributed by atoms with Crippen LogP contribution in [0.25, 0.3) is 5.69 Å². The lowest BCUT2D eigenvalue weighted by molar-refractivity contribution is -0.131. The Bertz CT molecular complexity index is 1160. The predicted octanol–water partition coefficient (Wildman–Crippen LogP) is 0.819. The lowest BCUT2D eigenvalue weighted by atomic mass is 10.3. The maximum absolute atomic E-state index is 13.0. The van der Waals surface area contributed by atoms with Gasteiger partial charge in [-0.3, -0.25) is 4.79 Å². The number of nitrogens with one attached hydrogen (secondary N) is 1. The van der Waals surface area contributed by atoms with Crippen molar-refractivity contribution in [2.45, 2.75) is 11.3 Å². The number of amides is 1. The number of aromatic nitrogens is 4. The van der Waals surface area contributed by atoms with Crippen LogP contribution in [0.2, 0.25) is 0 Å². The fraction of sp³-hybridized carbons (Fsp3) is 0.300. The summed E-state index contributed by atoms with van der Waals surface area (Å²) in [5.74, 6) is -0.0551. The molecular weight excluding hydrogens is 437 g/mol. The molecule has 1 fully saturated rings. The van der Waals surface area contributed by atoms with Crippen LogP contribution in [-0.2, 0) is 14.8 Å². The van der Waals surface area contributed by atoms with Gasteiger partial charge in [-0.1, -0.05) is 23.3 Å². The number of para-hydroxylation sites is 1. The molecule has 0 atom stereocenters. The lowest BCUT2D eigenvalue weighted by Gasteiger charge is -2.34. The highest BCUT2D eigenvalue weighted by atomic mass is 32.2. The first kappa shape index (κ1) is 21.8. The Hall–Kier alpha value is -3.38. The number of halogens is 1. The van der Waals surface area contributed by atoms with E-state index >= 15 is 0 Å². The molecular formula is C20H22FN7O3S. The molecule has 0 spiro atoms. The Morgan fingerprint density at radius 1 is 1.00 bits per heavy atom. The summed E-state index contributed by atoms with van der Waals surface area (Å²) >= 11 is 0. The van der Waals surface area contributed by atoms with E-state index in [1.807, 2.05) is 35.2 Å². The molecule has 12 heteroatoms. The minimum atomic E-state index is -3.79. The third-order valence-corrected chi connectivity index (χ3v) is 6.60. The van der Waals surface area contributed by atoms with E-state index in [2.05, 4.69) is 20.2 Å². The highest BCUT2D eigenvalue weighted by Crippen LogP contribution is 2.17. The zero-order chi connectivity index (χ0) is 22.6. The number of hydrogen-bond acceptors (Lipinski definition) is 7. The lowest BCUT2D eigenvalue weighted by Crippen LogP contribution is -2.50. The second kappa shape index (κ2) is 9.40. The van der Waals surface area contributed by atoms with Gasteiger partial charge in [0.15, 0.2) is 0 Å². The van der Waals surface area contributed by atoms with Crippen LogP contribution in [0.3, 0.4) is 0 Å². The SMILES string of the molecule is O=C(CCNS(=O)(=O)c1ccc(F)cc1)N1CCN(c2nnnn2-c2ccccc2)CC1. The van der Waals surface area contributed by atoms with Crippen molar-refractivity contribution in [1.29, 1.82) is 0 Å². The molecule has 168 valence electrons. The van der Waals surface area contributed by atoms with Crippen molar-refractivity contribution in [1.82, 2.24) is 29.8 Å². The third-order valence-electron chi connectivity index (χ3n) is 5.12. The smallest absolute Gasteiger partial charge is 0.250 e. The van der Waals surface area contributed by atoms with Crippen LogP contribution in [0.15, 0.2) is 59.5 Å². The van der Waals surface area contributed by atoms with Crippen LogP contribution >= 0.6 is 0 Å². The van der Waals surface area contributed by atoms with E-state index in [-0.39, 0.29) is 23.8 Å². The van der Waals surface area contributed by atoms with Gasteiger partial charge in [-0.15, -0.1) is 0 Å². The van der Waals surface area contributed by atoms with Gasteiger partial charge < -0.3 is 9.80 Å². The number of sulfonamides is 1. The van der Waals surface area contributed by atoms with E-state index < -0.39 is 15.8 Å². The number of tetrazole rings is 1. The first-order valence-corrected chi connectivity index (χ1v) is 11.5. The summed E-state index contributed by atoms with van der Waals surface area (Å²) in [4.78, 5) is 16.2. The van der Waals surface area contributed by atoms with Crippen LogP contribution in [0, 0.1) is 5.82 Å². The number of nitrogens with zero attached hydrogens (tertiary/aromatic N) is 6. The van der Waals surface area contributed by atoms with Crippen LogP contribution < -0.4 is 9.62 Å². The summed E-state index contributed by atoms with van der Waals surface area (Å²) < 4.78 is 41.5. The van der Waals surface area contributed by atoms with Crippen molar-refractivity contribution in [2.75, 3.05) is 37.6 Å². The molecule has 32 heavy (non-hydrogen) atoms. The monoisotopic (exact) mass is 459 g/mol. The van der Waals surface area contributed by atoms with Crippen LogP contribution in [0.4, 0.5) is 10.3 Å². The van der Waals surface area contributed by atoms with Crippen molar-refractivity contribution in [3.8, 4) is 5.69 Å². The van der Waals surface area contributed by atoms with E-state index in [4.69, 9.17) is 0 Å². The summed E-state index contributed by atoms with van der Waals surface area (Å²) in [6, 6.07) is 14.1. The van der Waals surface area contributed by atoms with Gasteiger partial charge >= 0.3 is 0 Å². The van der Waals surface area contributed by atoms with E-state index in [0.29, 0.717) is 32.1 Å². The fourth-order valence-corrected chi connectivity index (χ4v) is 4.45. The molecule has 0 aliphatic carbocycles. The molecule has 1 aromatic heterocycles. The van der Waals surface area contributed by atoms with E-state index in [1.165, 1.54) is 12.1 Å².